The number of aromatic nitrogens is 1. The summed E-state index contributed by atoms with van der Waals surface area (Å²) in [6.07, 6.45) is 0.927. The van der Waals surface area contributed by atoms with Crippen LogP contribution in [0.5, 0.6) is 0 Å². The highest BCUT2D eigenvalue weighted by atomic mass is 19.4. The molecule has 1 fully saturated rings. The maximum atomic E-state index is 12.6. The van der Waals surface area contributed by atoms with Gasteiger partial charge in [-0.15, -0.1) is 0 Å². The van der Waals surface area contributed by atoms with E-state index in [9.17, 15) is 22.8 Å². The molecule has 0 N–H and O–H groups in total. The summed E-state index contributed by atoms with van der Waals surface area (Å²) >= 11 is 0. The maximum absolute atomic E-state index is 12.6. The molecule has 0 amide bonds. The molecule has 4 nitrogen and oxygen atoms in total. The molecule has 0 unspecified atom stereocenters. The number of hydrogen-bond acceptors (Lipinski definition) is 3. The van der Waals surface area contributed by atoms with Gasteiger partial charge >= 0.3 is 12.1 Å². The fraction of sp³-hybridized carbons (Fsp3) is 0.600. The molecule has 0 aromatic carbocycles. The van der Waals surface area contributed by atoms with Crippen molar-refractivity contribution in [3.05, 3.63) is 34.2 Å². The lowest BCUT2D eigenvalue weighted by Gasteiger charge is -2.21. The predicted molar refractivity (Wildman–Crippen MR) is 73.3 cm³/mol. The summed E-state index contributed by atoms with van der Waals surface area (Å²) in [7, 11) is 1.21. The highest BCUT2D eigenvalue weighted by Crippen LogP contribution is 2.33. The molecule has 0 spiro atoms. The molecule has 1 aliphatic rings. The van der Waals surface area contributed by atoms with Crippen LogP contribution < -0.4 is 5.56 Å². The summed E-state index contributed by atoms with van der Waals surface area (Å²) < 4.78 is 43.6. The van der Waals surface area contributed by atoms with E-state index in [4.69, 9.17) is 4.74 Å². The molecule has 1 aliphatic carbocycles. The molecule has 0 saturated heterocycles. The molecular formula is C15H18F3NO3. The Kier molecular flexibility index (Phi) is 4.93. The lowest BCUT2D eigenvalue weighted by Crippen LogP contribution is -2.32. The van der Waals surface area contributed by atoms with Crippen molar-refractivity contribution in [2.24, 2.45) is 5.92 Å². The summed E-state index contributed by atoms with van der Waals surface area (Å²) in [5.41, 5.74) is -1.86. The van der Waals surface area contributed by atoms with Gasteiger partial charge in [-0.3, -0.25) is 4.79 Å². The van der Waals surface area contributed by atoms with E-state index in [1.54, 1.807) is 0 Å². The van der Waals surface area contributed by atoms with Gasteiger partial charge in [-0.05, 0) is 18.4 Å². The number of nitrogens with zero attached hydrogens (tertiary/aromatic N) is 1. The Hall–Kier alpha value is -1.79. The molecule has 1 saturated carbocycles. The SMILES string of the molecule is COC(=O)[C@H](CC1CCCC1)n1ccc(C(F)(F)F)cc1=O. The predicted octanol–water partition coefficient (Wildman–Crippen LogP) is 3.16. The Bertz CT molecular complexity index is 588. The van der Waals surface area contributed by atoms with Crippen molar-refractivity contribution in [3.63, 3.8) is 0 Å². The van der Waals surface area contributed by atoms with Crippen molar-refractivity contribution in [1.29, 1.82) is 0 Å². The highest BCUT2D eigenvalue weighted by Gasteiger charge is 2.33. The van der Waals surface area contributed by atoms with Gasteiger partial charge in [-0.2, -0.15) is 13.2 Å². The quantitative estimate of drug-likeness (QED) is 0.802. The van der Waals surface area contributed by atoms with Gasteiger partial charge in [-0.25, -0.2) is 4.79 Å². The zero-order chi connectivity index (χ0) is 16.3. The van der Waals surface area contributed by atoms with Gasteiger partial charge in [0, 0.05) is 12.3 Å². The van der Waals surface area contributed by atoms with Crippen LogP contribution in [-0.4, -0.2) is 17.6 Å². The van der Waals surface area contributed by atoms with Crippen molar-refractivity contribution < 1.29 is 22.7 Å². The summed E-state index contributed by atoms with van der Waals surface area (Å²) in [5, 5.41) is 0. The number of esters is 1. The average Bonchev–Trinajstić information content (AvgIpc) is 2.96. The largest absolute Gasteiger partial charge is 0.467 e. The third-order valence-electron chi connectivity index (χ3n) is 4.12. The first-order chi connectivity index (χ1) is 10.3. The molecule has 2 rings (SSSR count). The first kappa shape index (κ1) is 16.6. The lowest BCUT2D eigenvalue weighted by atomic mass is 9.98. The molecular weight excluding hydrogens is 299 g/mol. The minimum atomic E-state index is -4.58. The van der Waals surface area contributed by atoms with Crippen molar-refractivity contribution in [3.8, 4) is 0 Å². The van der Waals surface area contributed by atoms with Crippen molar-refractivity contribution in [1.82, 2.24) is 4.57 Å². The number of carbonyl (C=O) groups excluding carboxylic acids is 1. The Labute approximate surface area is 125 Å². The van der Waals surface area contributed by atoms with Gasteiger partial charge in [0.2, 0.25) is 0 Å². The second-order valence-corrected chi connectivity index (χ2v) is 5.58. The number of alkyl halides is 3. The van der Waals surface area contributed by atoms with Gasteiger partial charge in [0.05, 0.1) is 12.7 Å². The van der Waals surface area contributed by atoms with E-state index in [0.717, 1.165) is 42.5 Å². The van der Waals surface area contributed by atoms with Crippen molar-refractivity contribution in [2.45, 2.75) is 44.3 Å². The van der Waals surface area contributed by atoms with Gasteiger partial charge in [0.25, 0.3) is 5.56 Å². The van der Waals surface area contributed by atoms with E-state index in [-0.39, 0.29) is 0 Å². The Balaban J connectivity index is 2.30. The van der Waals surface area contributed by atoms with Crippen LogP contribution in [0.3, 0.4) is 0 Å². The van der Waals surface area contributed by atoms with Crippen LogP contribution in [0.1, 0.15) is 43.7 Å². The van der Waals surface area contributed by atoms with Crippen LogP contribution in [-0.2, 0) is 15.7 Å². The monoisotopic (exact) mass is 317 g/mol. The summed E-state index contributed by atoms with van der Waals surface area (Å²) in [6, 6.07) is 0.458. The standard InChI is InChI=1S/C15H18F3NO3/c1-22-14(21)12(8-10-4-2-3-5-10)19-7-6-11(9-13(19)20)15(16,17)18/h6-7,9-10,12H,2-5,8H2,1H3/t12-/m0/s1. The van der Waals surface area contributed by atoms with Crippen LogP contribution in [0.25, 0.3) is 0 Å². The molecule has 1 aromatic rings. The first-order valence-electron chi connectivity index (χ1n) is 7.20. The smallest absolute Gasteiger partial charge is 0.416 e. The van der Waals surface area contributed by atoms with E-state index in [0.29, 0.717) is 18.4 Å². The van der Waals surface area contributed by atoms with E-state index in [1.807, 2.05) is 0 Å². The zero-order valence-electron chi connectivity index (χ0n) is 12.2. The molecule has 0 radical (unpaired) electrons. The number of methoxy groups -OCH3 is 1. The van der Waals surface area contributed by atoms with E-state index >= 15 is 0 Å². The second kappa shape index (κ2) is 6.54. The first-order valence-corrected chi connectivity index (χ1v) is 7.20. The molecule has 122 valence electrons. The van der Waals surface area contributed by atoms with Gasteiger partial charge < -0.3 is 9.30 Å². The van der Waals surface area contributed by atoms with Crippen molar-refractivity contribution >= 4 is 5.97 Å². The van der Waals surface area contributed by atoms with Crippen LogP contribution in [0.4, 0.5) is 13.2 Å². The summed E-state index contributed by atoms with van der Waals surface area (Å²) in [6.45, 7) is 0. The fourth-order valence-electron chi connectivity index (χ4n) is 2.94. The third kappa shape index (κ3) is 3.69. The minimum absolute atomic E-state index is 0.290. The highest BCUT2D eigenvalue weighted by molar-refractivity contribution is 5.74. The third-order valence-corrected chi connectivity index (χ3v) is 4.12. The molecule has 7 heteroatoms. The van der Waals surface area contributed by atoms with E-state index < -0.39 is 29.3 Å². The molecule has 0 bridgehead atoms. The van der Waals surface area contributed by atoms with Crippen LogP contribution in [0.2, 0.25) is 0 Å². The summed E-state index contributed by atoms with van der Waals surface area (Å²) in [4.78, 5) is 23.9. The molecule has 1 atom stereocenters. The topological polar surface area (TPSA) is 48.3 Å². The number of pyridine rings is 1. The number of rotatable bonds is 4. The lowest BCUT2D eigenvalue weighted by molar-refractivity contribution is -0.145. The van der Waals surface area contributed by atoms with Crippen molar-refractivity contribution in [2.75, 3.05) is 7.11 Å². The van der Waals surface area contributed by atoms with Crippen LogP contribution >= 0.6 is 0 Å². The Morgan fingerprint density at radius 1 is 1.41 bits per heavy atom. The molecule has 0 aliphatic heterocycles. The average molecular weight is 317 g/mol. The Morgan fingerprint density at radius 2 is 2.05 bits per heavy atom. The number of ether oxygens (including phenoxy) is 1. The number of carbonyl (C=O) groups is 1. The zero-order valence-corrected chi connectivity index (χ0v) is 12.2. The number of halogens is 3. The molecule has 1 heterocycles. The van der Waals surface area contributed by atoms with E-state index in [1.165, 1.54) is 7.11 Å². The number of hydrogen-bond donors (Lipinski definition) is 0. The Morgan fingerprint density at radius 3 is 2.55 bits per heavy atom. The maximum Gasteiger partial charge on any atom is 0.416 e. The van der Waals surface area contributed by atoms with Crippen LogP contribution in [0.15, 0.2) is 23.1 Å². The second-order valence-electron chi connectivity index (χ2n) is 5.58. The minimum Gasteiger partial charge on any atom is -0.467 e. The van der Waals surface area contributed by atoms with Gasteiger partial charge in [0.1, 0.15) is 6.04 Å². The molecule has 22 heavy (non-hydrogen) atoms. The summed E-state index contributed by atoms with van der Waals surface area (Å²) in [5.74, 6) is -0.313. The van der Waals surface area contributed by atoms with E-state index in [2.05, 4.69) is 0 Å². The van der Waals surface area contributed by atoms with Gasteiger partial charge in [-0.1, -0.05) is 25.7 Å². The molecule has 1 aromatic heterocycles. The normalized spacial score (nSPS) is 17.5. The van der Waals surface area contributed by atoms with Crippen LogP contribution in [0, 0.1) is 5.92 Å². The fourth-order valence-corrected chi connectivity index (χ4v) is 2.94. The van der Waals surface area contributed by atoms with Gasteiger partial charge in [0.15, 0.2) is 0 Å².